The standard InChI is InChI=1S/C13H19F2N3O/c1-3-16-12-10(14)8-11(15)13(17-12)18-6-4-9(19-2)5-7-18/h8-9H,3-7H2,1-2H3,(H,16,17). The van der Waals surface area contributed by atoms with Gasteiger partial charge in [-0.1, -0.05) is 0 Å². The highest BCUT2D eigenvalue weighted by Crippen LogP contribution is 2.25. The maximum absolute atomic E-state index is 13.8. The molecule has 0 aromatic carbocycles. The fourth-order valence-electron chi connectivity index (χ4n) is 2.27. The SMILES string of the molecule is CCNc1nc(N2CCC(OC)CC2)c(F)cc1F. The average Bonchev–Trinajstić information content (AvgIpc) is 2.42. The molecule has 0 unspecified atom stereocenters. The summed E-state index contributed by atoms with van der Waals surface area (Å²) in [5.74, 6) is -0.954. The highest BCUT2D eigenvalue weighted by Gasteiger charge is 2.23. The summed E-state index contributed by atoms with van der Waals surface area (Å²) in [5.41, 5.74) is 0. The zero-order chi connectivity index (χ0) is 13.8. The molecule has 1 N–H and O–H groups in total. The maximum Gasteiger partial charge on any atom is 0.168 e. The van der Waals surface area contributed by atoms with Gasteiger partial charge in [0, 0.05) is 32.8 Å². The Morgan fingerprint density at radius 2 is 2.05 bits per heavy atom. The summed E-state index contributed by atoms with van der Waals surface area (Å²) >= 11 is 0. The number of rotatable bonds is 4. The predicted octanol–water partition coefficient (Wildman–Crippen LogP) is 2.41. The van der Waals surface area contributed by atoms with Gasteiger partial charge in [0.15, 0.2) is 23.3 Å². The van der Waals surface area contributed by atoms with E-state index in [1.54, 1.807) is 7.11 Å². The van der Waals surface area contributed by atoms with Crippen molar-refractivity contribution in [2.75, 3.05) is 37.0 Å². The van der Waals surface area contributed by atoms with Gasteiger partial charge in [-0.3, -0.25) is 0 Å². The average molecular weight is 271 g/mol. The van der Waals surface area contributed by atoms with Crippen LogP contribution in [0.3, 0.4) is 0 Å². The first-order chi connectivity index (χ1) is 9.15. The third-order valence-corrected chi connectivity index (χ3v) is 3.33. The molecule has 4 nitrogen and oxygen atoms in total. The van der Waals surface area contributed by atoms with Gasteiger partial charge >= 0.3 is 0 Å². The number of ether oxygens (including phenoxy) is 1. The molecule has 2 rings (SSSR count). The molecule has 2 heterocycles. The van der Waals surface area contributed by atoms with E-state index in [4.69, 9.17) is 4.74 Å². The van der Waals surface area contributed by atoms with Crippen LogP contribution >= 0.6 is 0 Å². The van der Waals surface area contributed by atoms with Gasteiger partial charge in [-0.15, -0.1) is 0 Å². The van der Waals surface area contributed by atoms with E-state index in [2.05, 4.69) is 10.3 Å². The molecular formula is C13H19F2N3O. The van der Waals surface area contributed by atoms with Crippen LogP contribution in [0.4, 0.5) is 20.4 Å². The number of halogens is 2. The molecule has 1 saturated heterocycles. The van der Waals surface area contributed by atoms with Crippen LogP contribution in [0.15, 0.2) is 6.07 Å². The van der Waals surface area contributed by atoms with Crippen molar-refractivity contribution in [3.8, 4) is 0 Å². The number of anilines is 2. The van der Waals surface area contributed by atoms with Crippen LogP contribution in [0.2, 0.25) is 0 Å². The van der Waals surface area contributed by atoms with Crippen LogP contribution in [0.1, 0.15) is 19.8 Å². The summed E-state index contributed by atoms with van der Waals surface area (Å²) < 4.78 is 32.6. The van der Waals surface area contributed by atoms with E-state index in [-0.39, 0.29) is 17.7 Å². The Morgan fingerprint density at radius 3 is 2.63 bits per heavy atom. The molecule has 19 heavy (non-hydrogen) atoms. The molecule has 0 bridgehead atoms. The van der Waals surface area contributed by atoms with E-state index >= 15 is 0 Å². The number of piperidine rings is 1. The maximum atomic E-state index is 13.8. The first-order valence-electron chi connectivity index (χ1n) is 6.53. The van der Waals surface area contributed by atoms with Crippen LogP contribution in [0.5, 0.6) is 0 Å². The van der Waals surface area contributed by atoms with Crippen LogP contribution in [-0.2, 0) is 4.74 Å². The van der Waals surface area contributed by atoms with Gasteiger partial charge in [0.05, 0.1) is 6.10 Å². The lowest BCUT2D eigenvalue weighted by Crippen LogP contribution is -2.37. The normalized spacial score (nSPS) is 16.7. The second-order valence-electron chi connectivity index (χ2n) is 4.58. The summed E-state index contributed by atoms with van der Waals surface area (Å²) in [6.45, 7) is 3.72. The van der Waals surface area contributed by atoms with Crippen LogP contribution in [0.25, 0.3) is 0 Å². The number of hydrogen-bond donors (Lipinski definition) is 1. The number of methoxy groups -OCH3 is 1. The molecule has 0 amide bonds. The number of nitrogens with zero attached hydrogens (tertiary/aromatic N) is 2. The minimum atomic E-state index is -0.658. The molecule has 106 valence electrons. The van der Waals surface area contributed by atoms with Gasteiger partial charge in [-0.2, -0.15) is 0 Å². The smallest absolute Gasteiger partial charge is 0.168 e. The molecule has 1 fully saturated rings. The molecule has 0 atom stereocenters. The molecule has 1 aromatic rings. The van der Waals surface area contributed by atoms with E-state index in [1.165, 1.54) is 0 Å². The van der Waals surface area contributed by atoms with Crippen molar-refractivity contribution in [1.82, 2.24) is 4.98 Å². The summed E-state index contributed by atoms with van der Waals surface area (Å²) in [4.78, 5) is 5.90. The van der Waals surface area contributed by atoms with Crippen LogP contribution in [0, 0.1) is 11.6 Å². The van der Waals surface area contributed by atoms with Gasteiger partial charge in [0.25, 0.3) is 0 Å². The van der Waals surface area contributed by atoms with Gasteiger partial charge in [-0.25, -0.2) is 13.8 Å². The van der Waals surface area contributed by atoms with Crippen molar-refractivity contribution < 1.29 is 13.5 Å². The predicted molar refractivity (Wildman–Crippen MR) is 70.6 cm³/mol. The Bertz CT molecular complexity index is 434. The van der Waals surface area contributed by atoms with E-state index in [0.717, 1.165) is 18.9 Å². The lowest BCUT2D eigenvalue weighted by atomic mass is 10.1. The highest BCUT2D eigenvalue weighted by molar-refractivity contribution is 5.49. The first kappa shape index (κ1) is 14.0. The summed E-state index contributed by atoms with van der Waals surface area (Å²) in [7, 11) is 1.68. The molecule has 1 aliphatic rings. The van der Waals surface area contributed by atoms with Crippen molar-refractivity contribution in [1.29, 1.82) is 0 Å². The van der Waals surface area contributed by atoms with Crippen molar-refractivity contribution in [3.05, 3.63) is 17.7 Å². The monoisotopic (exact) mass is 271 g/mol. The second-order valence-corrected chi connectivity index (χ2v) is 4.58. The van der Waals surface area contributed by atoms with Gasteiger partial charge in [-0.05, 0) is 19.8 Å². The number of nitrogens with one attached hydrogen (secondary N) is 1. The third kappa shape index (κ3) is 3.12. The summed E-state index contributed by atoms with van der Waals surface area (Å²) in [6, 6.07) is 0.892. The quantitative estimate of drug-likeness (QED) is 0.912. The zero-order valence-electron chi connectivity index (χ0n) is 11.2. The van der Waals surface area contributed by atoms with E-state index < -0.39 is 11.6 Å². The Kier molecular flexibility index (Phi) is 4.52. The van der Waals surface area contributed by atoms with Gasteiger partial charge in [0.2, 0.25) is 0 Å². The fraction of sp³-hybridized carbons (Fsp3) is 0.615. The summed E-state index contributed by atoms with van der Waals surface area (Å²) in [6.07, 6.45) is 1.87. The Labute approximate surface area is 111 Å². The minimum absolute atomic E-state index is 0.104. The zero-order valence-corrected chi connectivity index (χ0v) is 11.2. The van der Waals surface area contributed by atoms with E-state index in [1.807, 2.05) is 11.8 Å². The molecule has 6 heteroatoms. The first-order valence-corrected chi connectivity index (χ1v) is 6.53. The summed E-state index contributed by atoms with van der Waals surface area (Å²) in [5, 5.41) is 2.80. The van der Waals surface area contributed by atoms with Crippen molar-refractivity contribution >= 4 is 11.6 Å². The second kappa shape index (κ2) is 6.14. The highest BCUT2D eigenvalue weighted by atomic mass is 19.1. The molecule has 1 aromatic heterocycles. The van der Waals surface area contributed by atoms with E-state index in [0.29, 0.717) is 19.6 Å². The Morgan fingerprint density at radius 1 is 1.37 bits per heavy atom. The van der Waals surface area contributed by atoms with Crippen LogP contribution < -0.4 is 10.2 Å². The minimum Gasteiger partial charge on any atom is -0.381 e. The van der Waals surface area contributed by atoms with Crippen molar-refractivity contribution in [2.24, 2.45) is 0 Å². The van der Waals surface area contributed by atoms with Crippen LogP contribution in [-0.4, -0.2) is 37.8 Å². The lowest BCUT2D eigenvalue weighted by Gasteiger charge is -2.32. The number of aromatic nitrogens is 1. The molecule has 0 aliphatic carbocycles. The Balaban J connectivity index is 2.17. The van der Waals surface area contributed by atoms with Crippen molar-refractivity contribution in [3.63, 3.8) is 0 Å². The topological polar surface area (TPSA) is 37.4 Å². The number of hydrogen-bond acceptors (Lipinski definition) is 4. The largest absolute Gasteiger partial charge is 0.381 e. The molecule has 0 saturated carbocycles. The molecular weight excluding hydrogens is 252 g/mol. The lowest BCUT2D eigenvalue weighted by molar-refractivity contribution is 0.0816. The van der Waals surface area contributed by atoms with Crippen molar-refractivity contribution in [2.45, 2.75) is 25.9 Å². The molecule has 0 radical (unpaired) electrons. The molecule has 0 spiro atoms. The molecule has 1 aliphatic heterocycles. The van der Waals surface area contributed by atoms with Gasteiger partial charge in [0.1, 0.15) is 0 Å². The number of pyridine rings is 1. The Hall–Kier alpha value is -1.43. The fourth-order valence-corrected chi connectivity index (χ4v) is 2.27. The third-order valence-electron chi connectivity index (χ3n) is 3.33. The van der Waals surface area contributed by atoms with E-state index in [9.17, 15) is 8.78 Å². The van der Waals surface area contributed by atoms with Gasteiger partial charge < -0.3 is 15.0 Å².